The van der Waals surface area contributed by atoms with Crippen molar-refractivity contribution in [1.29, 1.82) is 0 Å². The second-order valence-corrected chi connectivity index (χ2v) is 14.0. The molecular formula is C32H34BrFN4O4S. The zero-order chi connectivity index (χ0) is 30.8. The third-order valence-electron chi connectivity index (χ3n) is 7.74. The number of ether oxygens (including phenoxy) is 2. The number of halogens is 2. The Kier molecular flexibility index (Phi) is 9.05. The van der Waals surface area contributed by atoms with Crippen molar-refractivity contribution in [3.8, 4) is 5.75 Å². The number of anilines is 2. The maximum Gasteiger partial charge on any atom is 0.216 e. The normalized spacial score (nSPS) is 17.4. The minimum Gasteiger partial charge on any atom is -0.488 e. The molecule has 2 atom stereocenters. The SMILES string of the molecule is CCN(C(C)C1(c2ccc3ncnc(Nc4ccc(OCc5cccc(F)c5)c(Br)c4)c3c2)CC=CO1)S(=O)(=O)C(C)C. The van der Waals surface area contributed by atoms with E-state index in [0.717, 1.165) is 32.2 Å². The summed E-state index contributed by atoms with van der Waals surface area (Å²) in [7, 11) is -3.54. The monoisotopic (exact) mass is 668 g/mol. The highest BCUT2D eigenvalue weighted by atomic mass is 79.9. The van der Waals surface area contributed by atoms with Gasteiger partial charge < -0.3 is 14.8 Å². The van der Waals surface area contributed by atoms with E-state index in [2.05, 4.69) is 31.2 Å². The van der Waals surface area contributed by atoms with Gasteiger partial charge in [-0.2, -0.15) is 4.31 Å². The predicted octanol–water partition coefficient (Wildman–Crippen LogP) is 7.43. The van der Waals surface area contributed by atoms with Crippen LogP contribution in [0, 0.1) is 5.82 Å². The molecular weight excluding hydrogens is 635 g/mol. The zero-order valence-corrected chi connectivity index (χ0v) is 26.8. The van der Waals surface area contributed by atoms with Crippen LogP contribution in [-0.2, 0) is 27.0 Å². The van der Waals surface area contributed by atoms with E-state index >= 15 is 0 Å². The van der Waals surface area contributed by atoms with Gasteiger partial charge in [0.1, 0.15) is 30.3 Å². The topological polar surface area (TPSA) is 93.7 Å². The summed E-state index contributed by atoms with van der Waals surface area (Å²) in [5.74, 6) is 0.894. The Hall–Kier alpha value is -3.54. The van der Waals surface area contributed by atoms with E-state index in [0.29, 0.717) is 24.5 Å². The Morgan fingerprint density at radius 2 is 1.93 bits per heavy atom. The van der Waals surface area contributed by atoms with Gasteiger partial charge in [0, 0.05) is 24.0 Å². The van der Waals surface area contributed by atoms with E-state index in [1.807, 2.05) is 62.4 Å². The minimum atomic E-state index is -3.54. The van der Waals surface area contributed by atoms with Crippen molar-refractivity contribution in [1.82, 2.24) is 14.3 Å². The summed E-state index contributed by atoms with van der Waals surface area (Å²) >= 11 is 3.57. The Labute approximate surface area is 260 Å². The highest BCUT2D eigenvalue weighted by Crippen LogP contribution is 2.42. The third kappa shape index (κ3) is 6.25. The summed E-state index contributed by atoms with van der Waals surface area (Å²) in [6, 6.07) is 17.2. The second-order valence-electron chi connectivity index (χ2n) is 10.7. The molecule has 226 valence electrons. The number of likely N-dealkylation sites (N-methyl/N-ethyl adjacent to an activating group) is 1. The number of aromatic nitrogens is 2. The molecule has 0 aliphatic carbocycles. The van der Waals surface area contributed by atoms with E-state index in [9.17, 15) is 12.8 Å². The molecule has 0 bridgehead atoms. The molecule has 2 unspecified atom stereocenters. The van der Waals surface area contributed by atoms with Gasteiger partial charge in [-0.15, -0.1) is 0 Å². The van der Waals surface area contributed by atoms with Crippen LogP contribution >= 0.6 is 15.9 Å². The van der Waals surface area contributed by atoms with Gasteiger partial charge in [-0.05, 0) is 96.4 Å². The van der Waals surface area contributed by atoms with Crippen LogP contribution in [0.15, 0.2) is 83.8 Å². The van der Waals surface area contributed by atoms with Crippen LogP contribution in [0.5, 0.6) is 5.75 Å². The summed E-state index contributed by atoms with van der Waals surface area (Å²) in [6.45, 7) is 7.69. The number of sulfonamides is 1. The van der Waals surface area contributed by atoms with E-state index in [1.54, 1.807) is 26.2 Å². The van der Waals surface area contributed by atoms with Crippen molar-refractivity contribution < 1.29 is 22.3 Å². The fraction of sp³-hybridized carbons (Fsp3) is 0.312. The van der Waals surface area contributed by atoms with Crippen molar-refractivity contribution in [2.24, 2.45) is 0 Å². The molecule has 0 saturated heterocycles. The zero-order valence-electron chi connectivity index (χ0n) is 24.4. The Morgan fingerprint density at radius 1 is 1.12 bits per heavy atom. The molecule has 0 saturated carbocycles. The number of hydrogen-bond acceptors (Lipinski definition) is 7. The van der Waals surface area contributed by atoms with E-state index < -0.39 is 26.9 Å². The molecule has 1 aliphatic heterocycles. The van der Waals surface area contributed by atoms with Gasteiger partial charge in [-0.3, -0.25) is 0 Å². The number of benzene rings is 3. The molecule has 43 heavy (non-hydrogen) atoms. The van der Waals surface area contributed by atoms with Gasteiger partial charge in [-0.1, -0.05) is 25.1 Å². The van der Waals surface area contributed by atoms with Crippen LogP contribution in [-0.4, -0.2) is 40.5 Å². The molecule has 1 N–H and O–H groups in total. The smallest absolute Gasteiger partial charge is 0.216 e. The molecule has 0 radical (unpaired) electrons. The molecule has 1 aromatic heterocycles. The van der Waals surface area contributed by atoms with Crippen molar-refractivity contribution in [2.75, 3.05) is 11.9 Å². The van der Waals surface area contributed by atoms with Crippen molar-refractivity contribution >= 4 is 48.4 Å². The number of hydrogen-bond donors (Lipinski definition) is 1. The fourth-order valence-corrected chi connectivity index (χ4v) is 7.36. The number of nitrogens with one attached hydrogen (secondary N) is 1. The lowest BCUT2D eigenvalue weighted by Gasteiger charge is -2.41. The summed E-state index contributed by atoms with van der Waals surface area (Å²) < 4.78 is 54.5. The summed E-state index contributed by atoms with van der Waals surface area (Å²) in [4.78, 5) is 8.97. The number of rotatable bonds is 11. The highest BCUT2D eigenvalue weighted by Gasteiger charge is 2.47. The fourth-order valence-electron chi connectivity index (χ4n) is 5.35. The average molecular weight is 670 g/mol. The van der Waals surface area contributed by atoms with Gasteiger partial charge in [0.05, 0.1) is 27.5 Å². The minimum absolute atomic E-state index is 0.230. The van der Waals surface area contributed by atoms with Crippen LogP contribution in [0.25, 0.3) is 10.9 Å². The first-order valence-corrected chi connectivity index (χ1v) is 16.4. The molecule has 0 fully saturated rings. The van der Waals surface area contributed by atoms with Crippen molar-refractivity contribution in [3.05, 3.63) is 101 Å². The largest absolute Gasteiger partial charge is 0.488 e. The van der Waals surface area contributed by atoms with Crippen LogP contribution in [0.2, 0.25) is 0 Å². The number of nitrogens with zero attached hydrogens (tertiary/aromatic N) is 3. The van der Waals surface area contributed by atoms with Crippen molar-refractivity contribution in [2.45, 2.75) is 57.6 Å². The molecule has 4 aromatic rings. The Balaban J connectivity index is 1.44. The van der Waals surface area contributed by atoms with E-state index in [4.69, 9.17) is 9.47 Å². The molecule has 5 rings (SSSR count). The van der Waals surface area contributed by atoms with Gasteiger partial charge in [0.2, 0.25) is 10.0 Å². The maximum absolute atomic E-state index is 13.5. The third-order valence-corrected chi connectivity index (χ3v) is 10.8. The number of fused-ring (bicyclic) bond motifs is 1. The summed E-state index contributed by atoms with van der Waals surface area (Å²) in [5.41, 5.74) is 2.14. The lowest BCUT2D eigenvalue weighted by atomic mass is 9.84. The summed E-state index contributed by atoms with van der Waals surface area (Å²) in [6.07, 6.45) is 5.58. The van der Waals surface area contributed by atoms with Crippen molar-refractivity contribution in [3.63, 3.8) is 0 Å². The first kappa shape index (κ1) is 30.9. The molecule has 3 aromatic carbocycles. The summed E-state index contributed by atoms with van der Waals surface area (Å²) in [5, 5.41) is 3.59. The van der Waals surface area contributed by atoms with Crippen LogP contribution < -0.4 is 10.1 Å². The Bertz CT molecular complexity index is 1760. The van der Waals surface area contributed by atoms with Crippen LogP contribution in [0.1, 0.15) is 45.2 Å². The molecule has 2 heterocycles. The Morgan fingerprint density at radius 3 is 2.60 bits per heavy atom. The van der Waals surface area contributed by atoms with Gasteiger partial charge in [0.15, 0.2) is 5.60 Å². The molecule has 0 spiro atoms. The first-order valence-electron chi connectivity index (χ1n) is 14.1. The van der Waals surface area contributed by atoms with E-state index in [-0.39, 0.29) is 12.4 Å². The standard InChI is InChI=1S/C32H34BrFN4O4S/c1-5-38(43(39,40)21(2)3)22(4)32(14-7-15-42-32)24-10-12-29-27(17-24)31(36-20-35-29)37-26-11-13-30(28(33)18-26)41-19-23-8-6-9-25(34)16-23/h6-13,15-18,20-22H,5,14,19H2,1-4H3,(H,35,36,37). The molecule has 1 aliphatic rings. The highest BCUT2D eigenvalue weighted by molar-refractivity contribution is 9.10. The van der Waals surface area contributed by atoms with Crippen LogP contribution in [0.4, 0.5) is 15.9 Å². The average Bonchev–Trinajstić information content (AvgIpc) is 3.48. The van der Waals surface area contributed by atoms with Crippen LogP contribution in [0.3, 0.4) is 0 Å². The van der Waals surface area contributed by atoms with E-state index in [1.165, 1.54) is 22.8 Å². The van der Waals surface area contributed by atoms with Gasteiger partial charge in [-0.25, -0.2) is 22.8 Å². The predicted molar refractivity (Wildman–Crippen MR) is 170 cm³/mol. The maximum atomic E-state index is 13.5. The lowest BCUT2D eigenvalue weighted by Crippen LogP contribution is -2.52. The second kappa shape index (κ2) is 12.6. The lowest BCUT2D eigenvalue weighted by molar-refractivity contribution is -0.0154. The van der Waals surface area contributed by atoms with Gasteiger partial charge >= 0.3 is 0 Å². The molecule has 8 nitrogen and oxygen atoms in total. The molecule has 11 heteroatoms. The first-order chi connectivity index (χ1) is 20.5. The van der Waals surface area contributed by atoms with Gasteiger partial charge in [0.25, 0.3) is 0 Å². The quantitative estimate of drug-likeness (QED) is 0.178. The molecule has 0 amide bonds.